The van der Waals surface area contributed by atoms with Gasteiger partial charge in [0.25, 0.3) is 5.91 Å². The number of carbonyl (C=O) groups excluding carboxylic acids is 1. The molecule has 24 heavy (non-hydrogen) atoms. The van der Waals surface area contributed by atoms with Gasteiger partial charge in [-0.2, -0.15) is 13.2 Å². The van der Waals surface area contributed by atoms with E-state index >= 15 is 0 Å². The molecular formula is C15H10F3N3OS2. The first kappa shape index (κ1) is 16.6. The average molecular weight is 369 g/mol. The number of aromatic nitrogens is 2. The third-order valence-corrected chi connectivity index (χ3v) is 4.81. The van der Waals surface area contributed by atoms with E-state index in [2.05, 4.69) is 15.3 Å². The smallest absolute Gasteiger partial charge is 0.298 e. The number of anilines is 1. The number of thiophene rings is 1. The zero-order valence-electron chi connectivity index (χ0n) is 12.2. The Hall–Kier alpha value is -2.26. The summed E-state index contributed by atoms with van der Waals surface area (Å²) in [6, 6.07) is 5.78. The van der Waals surface area contributed by atoms with E-state index in [1.165, 1.54) is 11.3 Å². The molecule has 3 rings (SSSR count). The molecule has 0 aromatic carbocycles. The molecule has 3 aromatic rings. The Labute approximate surface area is 143 Å². The first-order chi connectivity index (χ1) is 11.3. The van der Waals surface area contributed by atoms with Gasteiger partial charge in [-0.05, 0) is 31.2 Å². The van der Waals surface area contributed by atoms with E-state index in [0.29, 0.717) is 5.13 Å². The number of pyridine rings is 1. The van der Waals surface area contributed by atoms with Gasteiger partial charge in [-0.15, -0.1) is 22.7 Å². The van der Waals surface area contributed by atoms with Crippen LogP contribution >= 0.6 is 22.7 Å². The summed E-state index contributed by atoms with van der Waals surface area (Å²) in [5.74, 6) is -0.556. The monoisotopic (exact) mass is 369 g/mol. The molecule has 1 amide bonds. The third-order valence-electron chi connectivity index (χ3n) is 3.03. The van der Waals surface area contributed by atoms with Crippen LogP contribution in [0.5, 0.6) is 0 Å². The van der Waals surface area contributed by atoms with E-state index < -0.39 is 17.8 Å². The molecule has 0 saturated heterocycles. The van der Waals surface area contributed by atoms with Gasteiger partial charge in [0.05, 0.1) is 16.1 Å². The summed E-state index contributed by atoms with van der Waals surface area (Å²) >= 11 is 2.84. The zero-order valence-corrected chi connectivity index (χ0v) is 13.9. The number of amides is 1. The molecular weight excluding hydrogens is 359 g/mol. The van der Waals surface area contributed by atoms with Crippen molar-refractivity contribution in [3.63, 3.8) is 0 Å². The molecule has 1 N–H and O–H groups in total. The molecule has 4 nitrogen and oxygen atoms in total. The van der Waals surface area contributed by atoms with Crippen molar-refractivity contribution in [3.8, 4) is 10.6 Å². The molecule has 0 saturated carbocycles. The lowest BCUT2D eigenvalue weighted by molar-refractivity contribution is -0.141. The van der Waals surface area contributed by atoms with Crippen LogP contribution in [0.4, 0.5) is 18.3 Å². The fourth-order valence-corrected chi connectivity index (χ4v) is 3.49. The summed E-state index contributed by atoms with van der Waals surface area (Å²) in [6.45, 7) is 1.99. The van der Waals surface area contributed by atoms with Gasteiger partial charge in [0, 0.05) is 16.5 Å². The molecule has 0 aliphatic carbocycles. The van der Waals surface area contributed by atoms with E-state index in [9.17, 15) is 18.0 Å². The quantitative estimate of drug-likeness (QED) is 0.718. The van der Waals surface area contributed by atoms with E-state index in [4.69, 9.17) is 0 Å². The number of carbonyl (C=O) groups is 1. The predicted molar refractivity (Wildman–Crippen MR) is 87.4 cm³/mol. The molecule has 0 fully saturated rings. The molecule has 0 bridgehead atoms. The van der Waals surface area contributed by atoms with E-state index in [0.717, 1.165) is 33.8 Å². The van der Waals surface area contributed by atoms with Crippen molar-refractivity contribution < 1.29 is 18.0 Å². The number of rotatable bonds is 3. The summed E-state index contributed by atoms with van der Waals surface area (Å²) in [5, 5.41) is 4.75. The molecule has 3 heterocycles. The summed E-state index contributed by atoms with van der Waals surface area (Å²) in [4.78, 5) is 21.8. The second-order valence-electron chi connectivity index (χ2n) is 4.83. The number of alkyl halides is 3. The Bertz CT molecular complexity index is 869. The maximum atomic E-state index is 12.5. The molecule has 9 heteroatoms. The highest BCUT2D eigenvalue weighted by atomic mass is 32.1. The van der Waals surface area contributed by atoms with Crippen molar-refractivity contribution in [1.82, 2.24) is 9.97 Å². The molecule has 0 aliphatic heterocycles. The van der Waals surface area contributed by atoms with Crippen molar-refractivity contribution in [2.75, 3.05) is 5.32 Å². The lowest BCUT2D eigenvalue weighted by atomic mass is 10.2. The first-order valence-electron chi connectivity index (χ1n) is 6.70. The molecule has 0 unspecified atom stereocenters. The average Bonchev–Trinajstić information content (AvgIpc) is 3.15. The molecule has 0 atom stereocenters. The predicted octanol–water partition coefficient (Wildman–Crippen LogP) is 4.85. The second-order valence-corrected chi connectivity index (χ2v) is 6.98. The number of thiazole rings is 1. The summed E-state index contributed by atoms with van der Waals surface area (Å²) in [5.41, 5.74) is -0.255. The second kappa shape index (κ2) is 6.33. The lowest BCUT2D eigenvalue weighted by Gasteiger charge is -2.06. The van der Waals surface area contributed by atoms with E-state index in [-0.39, 0.29) is 5.56 Å². The summed E-state index contributed by atoms with van der Waals surface area (Å²) in [6.07, 6.45) is -3.63. The van der Waals surface area contributed by atoms with E-state index in [1.807, 2.05) is 24.4 Å². The molecule has 0 radical (unpaired) electrons. The highest BCUT2D eigenvalue weighted by molar-refractivity contribution is 7.17. The fraction of sp³-hybridized carbons (Fsp3) is 0.133. The van der Waals surface area contributed by atoms with Crippen LogP contribution in [-0.2, 0) is 6.18 Å². The van der Waals surface area contributed by atoms with Crippen molar-refractivity contribution in [1.29, 1.82) is 0 Å². The van der Waals surface area contributed by atoms with Gasteiger partial charge in [-0.1, -0.05) is 0 Å². The molecule has 0 aliphatic rings. The highest BCUT2D eigenvalue weighted by Gasteiger charge is 2.32. The minimum atomic E-state index is -4.53. The summed E-state index contributed by atoms with van der Waals surface area (Å²) in [7, 11) is 0. The number of aryl methyl sites for hydroxylation is 1. The van der Waals surface area contributed by atoms with Gasteiger partial charge in [0.1, 0.15) is 5.69 Å². The third kappa shape index (κ3) is 3.62. The van der Waals surface area contributed by atoms with Gasteiger partial charge in [0.2, 0.25) is 0 Å². The van der Waals surface area contributed by atoms with Crippen LogP contribution < -0.4 is 5.32 Å². The van der Waals surface area contributed by atoms with Crippen molar-refractivity contribution in [3.05, 3.63) is 52.0 Å². The summed E-state index contributed by atoms with van der Waals surface area (Å²) < 4.78 is 37.4. The maximum Gasteiger partial charge on any atom is 0.433 e. The Balaban J connectivity index is 1.72. The standard InChI is InChI=1S/C15H10F3N3OS2/c1-8-2-4-11(24-8)10-7-23-14(20-10)21-13(22)9-3-5-12(19-6-9)15(16,17)18/h2-7H,1H3,(H,20,21,22). The number of nitrogens with one attached hydrogen (secondary N) is 1. The highest BCUT2D eigenvalue weighted by Crippen LogP contribution is 2.31. The molecule has 3 aromatic heterocycles. The zero-order chi connectivity index (χ0) is 17.3. The van der Waals surface area contributed by atoms with Crippen molar-refractivity contribution in [2.24, 2.45) is 0 Å². The SMILES string of the molecule is Cc1ccc(-c2csc(NC(=O)c3ccc(C(F)(F)F)nc3)n2)s1. The normalized spacial score (nSPS) is 11.5. The Morgan fingerprint density at radius 3 is 2.58 bits per heavy atom. The number of halogens is 3. The van der Waals surface area contributed by atoms with Gasteiger partial charge in [-0.3, -0.25) is 15.1 Å². The van der Waals surface area contributed by atoms with Crippen LogP contribution in [0.3, 0.4) is 0 Å². The van der Waals surface area contributed by atoms with Crippen LogP contribution in [0.1, 0.15) is 20.9 Å². The largest absolute Gasteiger partial charge is 0.433 e. The topological polar surface area (TPSA) is 54.9 Å². The number of hydrogen-bond acceptors (Lipinski definition) is 5. The first-order valence-corrected chi connectivity index (χ1v) is 8.39. The fourth-order valence-electron chi connectivity index (χ4n) is 1.88. The van der Waals surface area contributed by atoms with Crippen LogP contribution in [0.2, 0.25) is 0 Å². The Morgan fingerprint density at radius 2 is 2.00 bits per heavy atom. The van der Waals surface area contributed by atoms with Gasteiger partial charge < -0.3 is 0 Å². The minimum Gasteiger partial charge on any atom is -0.298 e. The van der Waals surface area contributed by atoms with Crippen LogP contribution in [-0.4, -0.2) is 15.9 Å². The lowest BCUT2D eigenvalue weighted by Crippen LogP contribution is -2.14. The minimum absolute atomic E-state index is 0.0340. The van der Waals surface area contributed by atoms with Crippen molar-refractivity contribution in [2.45, 2.75) is 13.1 Å². The number of nitrogens with zero attached hydrogens (tertiary/aromatic N) is 2. The Morgan fingerprint density at radius 1 is 1.21 bits per heavy atom. The van der Waals surface area contributed by atoms with Crippen molar-refractivity contribution >= 4 is 33.7 Å². The van der Waals surface area contributed by atoms with E-state index in [1.54, 1.807) is 11.3 Å². The molecule has 0 spiro atoms. The maximum absolute atomic E-state index is 12.5. The van der Waals surface area contributed by atoms with Gasteiger partial charge >= 0.3 is 6.18 Å². The number of hydrogen-bond donors (Lipinski definition) is 1. The Kier molecular flexibility index (Phi) is 4.37. The van der Waals surface area contributed by atoms with Gasteiger partial charge in [0.15, 0.2) is 5.13 Å². The molecule has 124 valence electrons. The van der Waals surface area contributed by atoms with Crippen LogP contribution in [0.15, 0.2) is 35.8 Å². The van der Waals surface area contributed by atoms with Crippen LogP contribution in [0.25, 0.3) is 10.6 Å². The van der Waals surface area contributed by atoms with Crippen LogP contribution in [0, 0.1) is 6.92 Å². The van der Waals surface area contributed by atoms with Gasteiger partial charge in [-0.25, -0.2) is 4.98 Å².